The highest BCUT2D eigenvalue weighted by Gasteiger charge is 2.16. The van der Waals surface area contributed by atoms with E-state index in [-0.39, 0.29) is 5.91 Å². The predicted molar refractivity (Wildman–Crippen MR) is 87.2 cm³/mol. The number of aromatic nitrogens is 1. The molecule has 1 amide bonds. The minimum atomic E-state index is 0.00991. The number of nitrogens with zero attached hydrogens (tertiary/aromatic N) is 1. The van der Waals surface area contributed by atoms with Crippen LogP contribution >= 0.6 is 0 Å². The first-order chi connectivity index (χ1) is 9.90. The lowest BCUT2D eigenvalue weighted by Gasteiger charge is -2.11. The Morgan fingerprint density at radius 2 is 1.90 bits per heavy atom. The van der Waals surface area contributed by atoms with E-state index in [4.69, 9.17) is 0 Å². The number of benzene rings is 1. The van der Waals surface area contributed by atoms with Crippen LogP contribution in [0.3, 0.4) is 0 Å². The second-order valence-corrected chi connectivity index (χ2v) is 6.06. The second kappa shape index (κ2) is 6.17. The van der Waals surface area contributed by atoms with E-state index in [1.54, 1.807) is 0 Å². The number of hydrogen-bond acceptors (Lipinski definition) is 1. The summed E-state index contributed by atoms with van der Waals surface area (Å²) in [5.41, 5.74) is 5.14. The Labute approximate surface area is 127 Å². The summed E-state index contributed by atoms with van der Waals surface area (Å²) < 4.78 is 2.14. The molecular formula is C18H24N2O. The maximum Gasteiger partial charge on any atom is 0.253 e. The van der Waals surface area contributed by atoms with E-state index in [0.29, 0.717) is 12.5 Å². The van der Waals surface area contributed by atoms with E-state index in [0.717, 1.165) is 22.6 Å². The third-order valence-electron chi connectivity index (χ3n) is 3.61. The minimum Gasteiger partial charge on any atom is -0.352 e. The Kier molecular flexibility index (Phi) is 4.51. The Morgan fingerprint density at radius 3 is 2.52 bits per heavy atom. The standard InChI is InChI=1S/C18H24N2O/c1-12(2)11-19-18(21)17-10-14(4)20(15(17)5)16-8-6-7-13(3)9-16/h6-10,12H,11H2,1-5H3,(H,19,21). The molecular weight excluding hydrogens is 260 g/mol. The molecule has 0 aliphatic rings. The van der Waals surface area contributed by atoms with E-state index in [1.807, 2.05) is 26.0 Å². The first-order valence-electron chi connectivity index (χ1n) is 7.44. The zero-order valence-electron chi connectivity index (χ0n) is 13.5. The Balaban J connectivity index is 2.36. The van der Waals surface area contributed by atoms with Crippen LogP contribution in [0.15, 0.2) is 30.3 Å². The summed E-state index contributed by atoms with van der Waals surface area (Å²) in [5, 5.41) is 2.99. The van der Waals surface area contributed by atoms with Crippen molar-refractivity contribution in [2.24, 2.45) is 5.92 Å². The molecule has 0 saturated carbocycles. The number of nitrogens with one attached hydrogen (secondary N) is 1. The maximum absolute atomic E-state index is 12.3. The summed E-state index contributed by atoms with van der Waals surface area (Å²) >= 11 is 0. The summed E-state index contributed by atoms with van der Waals surface area (Å²) in [4.78, 5) is 12.3. The number of carbonyl (C=O) groups is 1. The summed E-state index contributed by atoms with van der Waals surface area (Å²) in [5.74, 6) is 0.463. The van der Waals surface area contributed by atoms with Gasteiger partial charge in [0.25, 0.3) is 5.91 Å². The topological polar surface area (TPSA) is 34.0 Å². The summed E-state index contributed by atoms with van der Waals surface area (Å²) in [6.45, 7) is 11.0. The molecule has 0 spiro atoms. The highest BCUT2D eigenvalue weighted by Crippen LogP contribution is 2.21. The highest BCUT2D eigenvalue weighted by molar-refractivity contribution is 5.95. The van der Waals surface area contributed by atoms with Crippen LogP contribution in [0.1, 0.15) is 41.2 Å². The van der Waals surface area contributed by atoms with Crippen molar-refractivity contribution in [3.8, 4) is 5.69 Å². The van der Waals surface area contributed by atoms with Crippen molar-refractivity contribution in [3.63, 3.8) is 0 Å². The molecule has 2 aromatic rings. The third-order valence-corrected chi connectivity index (χ3v) is 3.61. The Bertz CT molecular complexity index is 653. The summed E-state index contributed by atoms with van der Waals surface area (Å²) in [6, 6.07) is 10.3. The van der Waals surface area contributed by atoms with E-state index in [9.17, 15) is 4.79 Å². The van der Waals surface area contributed by atoms with Crippen LogP contribution in [0.25, 0.3) is 5.69 Å². The van der Waals surface area contributed by atoms with Crippen molar-refractivity contribution in [3.05, 3.63) is 52.8 Å². The molecule has 1 aromatic heterocycles. The normalized spacial score (nSPS) is 11.0. The van der Waals surface area contributed by atoms with Gasteiger partial charge in [0, 0.05) is 23.6 Å². The summed E-state index contributed by atoms with van der Waals surface area (Å²) in [7, 11) is 0. The molecule has 0 unspecified atom stereocenters. The van der Waals surface area contributed by atoms with E-state index in [1.165, 1.54) is 5.56 Å². The smallest absolute Gasteiger partial charge is 0.253 e. The van der Waals surface area contributed by atoms with Gasteiger partial charge >= 0.3 is 0 Å². The largest absolute Gasteiger partial charge is 0.352 e. The number of carbonyl (C=O) groups excluding carboxylic acids is 1. The van der Waals surface area contributed by atoms with Crippen LogP contribution in [0.2, 0.25) is 0 Å². The molecule has 1 N–H and O–H groups in total. The van der Waals surface area contributed by atoms with Gasteiger partial charge in [-0.3, -0.25) is 4.79 Å². The zero-order valence-corrected chi connectivity index (χ0v) is 13.5. The van der Waals surface area contributed by atoms with E-state index in [2.05, 4.69) is 48.9 Å². The van der Waals surface area contributed by atoms with Gasteiger partial charge in [-0.25, -0.2) is 0 Å². The molecule has 2 rings (SSSR count). The van der Waals surface area contributed by atoms with Crippen LogP contribution in [-0.2, 0) is 0 Å². The first-order valence-corrected chi connectivity index (χ1v) is 7.44. The van der Waals surface area contributed by atoms with Crippen molar-refractivity contribution in [2.75, 3.05) is 6.54 Å². The van der Waals surface area contributed by atoms with Crippen LogP contribution < -0.4 is 5.32 Å². The van der Waals surface area contributed by atoms with Crippen LogP contribution in [0, 0.1) is 26.7 Å². The molecule has 21 heavy (non-hydrogen) atoms. The molecule has 1 heterocycles. The molecule has 0 bridgehead atoms. The molecule has 0 saturated heterocycles. The van der Waals surface area contributed by atoms with Crippen LogP contribution in [0.4, 0.5) is 0 Å². The van der Waals surface area contributed by atoms with Gasteiger partial charge in [0.15, 0.2) is 0 Å². The quantitative estimate of drug-likeness (QED) is 0.910. The van der Waals surface area contributed by atoms with Crippen molar-refractivity contribution in [1.29, 1.82) is 0 Å². The third kappa shape index (κ3) is 3.35. The van der Waals surface area contributed by atoms with Gasteiger partial charge in [-0.05, 0) is 50.5 Å². The van der Waals surface area contributed by atoms with E-state index >= 15 is 0 Å². The molecule has 3 heteroatoms. The minimum absolute atomic E-state index is 0.00991. The molecule has 0 fully saturated rings. The fourth-order valence-electron chi connectivity index (χ4n) is 2.55. The van der Waals surface area contributed by atoms with Gasteiger partial charge in [-0.2, -0.15) is 0 Å². The van der Waals surface area contributed by atoms with Crippen molar-refractivity contribution < 1.29 is 4.79 Å². The van der Waals surface area contributed by atoms with Crippen molar-refractivity contribution >= 4 is 5.91 Å². The van der Waals surface area contributed by atoms with Gasteiger partial charge in [-0.1, -0.05) is 26.0 Å². The van der Waals surface area contributed by atoms with Crippen molar-refractivity contribution in [2.45, 2.75) is 34.6 Å². The number of aryl methyl sites for hydroxylation is 2. The van der Waals surface area contributed by atoms with E-state index < -0.39 is 0 Å². The molecule has 0 aliphatic carbocycles. The van der Waals surface area contributed by atoms with Crippen LogP contribution in [0.5, 0.6) is 0 Å². The monoisotopic (exact) mass is 284 g/mol. The first kappa shape index (κ1) is 15.4. The summed E-state index contributed by atoms with van der Waals surface area (Å²) in [6.07, 6.45) is 0. The fraction of sp³-hybridized carbons (Fsp3) is 0.389. The molecule has 0 aliphatic heterocycles. The Morgan fingerprint density at radius 1 is 1.19 bits per heavy atom. The van der Waals surface area contributed by atoms with Crippen molar-refractivity contribution in [1.82, 2.24) is 9.88 Å². The molecule has 0 radical (unpaired) electrons. The number of hydrogen-bond donors (Lipinski definition) is 1. The SMILES string of the molecule is Cc1cccc(-n2c(C)cc(C(=O)NCC(C)C)c2C)c1. The lowest BCUT2D eigenvalue weighted by molar-refractivity contribution is 0.0948. The maximum atomic E-state index is 12.3. The molecule has 3 nitrogen and oxygen atoms in total. The van der Waals surface area contributed by atoms with Gasteiger partial charge < -0.3 is 9.88 Å². The van der Waals surface area contributed by atoms with Gasteiger partial charge in [0.05, 0.1) is 5.56 Å². The number of amides is 1. The lowest BCUT2D eigenvalue weighted by Crippen LogP contribution is -2.27. The highest BCUT2D eigenvalue weighted by atomic mass is 16.1. The van der Waals surface area contributed by atoms with Gasteiger partial charge in [0.2, 0.25) is 0 Å². The zero-order chi connectivity index (χ0) is 15.6. The van der Waals surface area contributed by atoms with Crippen LogP contribution in [-0.4, -0.2) is 17.0 Å². The fourth-order valence-corrected chi connectivity index (χ4v) is 2.55. The molecule has 112 valence electrons. The number of rotatable bonds is 4. The molecule has 1 aromatic carbocycles. The average molecular weight is 284 g/mol. The lowest BCUT2D eigenvalue weighted by atomic mass is 10.2. The Hall–Kier alpha value is -2.03. The van der Waals surface area contributed by atoms with Gasteiger partial charge in [0.1, 0.15) is 0 Å². The second-order valence-electron chi connectivity index (χ2n) is 6.06. The average Bonchev–Trinajstić information content (AvgIpc) is 2.71. The predicted octanol–water partition coefficient (Wildman–Crippen LogP) is 3.79. The van der Waals surface area contributed by atoms with Gasteiger partial charge in [-0.15, -0.1) is 0 Å². The molecule has 0 atom stereocenters.